The fraction of sp³-hybridized carbons (Fsp3) is 0.980. The van der Waals surface area contributed by atoms with Gasteiger partial charge in [0.2, 0.25) is 5.91 Å². The molecule has 328 valence electrons. The van der Waals surface area contributed by atoms with E-state index in [2.05, 4.69) is 208 Å². The van der Waals surface area contributed by atoms with E-state index in [1.807, 2.05) is 0 Å². The molecule has 0 aromatic rings. The lowest BCUT2D eigenvalue weighted by atomic mass is 10.0. The summed E-state index contributed by atoms with van der Waals surface area (Å²) >= 11 is 0. The SMILES string of the molecule is CC(C)C(C)C.CC(C)C(C)C.CC(C)C(C)C.CC(C)C(C)C.CC(C)CCC(N)=O.CCC(C)C.CCC(C)C.CCC(C)C.CCC(C)C. The summed E-state index contributed by atoms with van der Waals surface area (Å²) in [5.74, 6) is 10.7. The van der Waals surface area contributed by atoms with Crippen molar-refractivity contribution in [2.24, 2.45) is 82.7 Å². The molecule has 0 aliphatic rings. The highest BCUT2D eigenvalue weighted by atomic mass is 16.1. The zero-order chi connectivity index (χ0) is 44.3. The summed E-state index contributed by atoms with van der Waals surface area (Å²) in [5, 5.41) is 0. The Morgan fingerprint density at radius 3 is 0.442 bits per heavy atom. The highest BCUT2D eigenvalue weighted by Gasteiger charge is 1.98. The highest BCUT2D eigenvalue weighted by Crippen LogP contribution is 2.07. The largest absolute Gasteiger partial charge is 0.370 e. The second kappa shape index (κ2) is 54.8. The van der Waals surface area contributed by atoms with Crippen molar-refractivity contribution in [3.05, 3.63) is 0 Å². The van der Waals surface area contributed by atoms with E-state index < -0.39 is 0 Å². The number of carbonyl (C=O) groups is 1. The molecule has 2 nitrogen and oxygen atoms in total. The molecule has 0 fully saturated rings. The molecule has 0 unspecified atom stereocenters. The zero-order valence-electron chi connectivity index (χ0n) is 43.2. The molecule has 0 aliphatic heterocycles. The molecule has 0 aromatic heterocycles. The smallest absolute Gasteiger partial charge is 0.217 e. The molecular formula is C50H117NO. The third-order valence-electron chi connectivity index (χ3n) is 9.57. The molecule has 0 spiro atoms. The van der Waals surface area contributed by atoms with Crippen molar-refractivity contribution in [3.8, 4) is 0 Å². The lowest BCUT2D eigenvalue weighted by molar-refractivity contribution is -0.118. The molecule has 0 rings (SSSR count). The molecule has 0 aromatic carbocycles. The van der Waals surface area contributed by atoms with Crippen molar-refractivity contribution in [2.75, 3.05) is 0 Å². The van der Waals surface area contributed by atoms with Gasteiger partial charge in [-0.05, 0) is 83.4 Å². The molecule has 0 bridgehead atoms. The Bertz CT molecular complexity index is 459. The first-order valence-electron chi connectivity index (χ1n) is 22.6. The fourth-order valence-electron chi connectivity index (χ4n) is 0.431. The first kappa shape index (κ1) is 72.7. The quantitative estimate of drug-likeness (QED) is 0.225. The Labute approximate surface area is 338 Å². The molecule has 0 saturated carbocycles. The molecule has 52 heavy (non-hydrogen) atoms. The van der Waals surface area contributed by atoms with Crippen molar-refractivity contribution in [2.45, 2.75) is 246 Å². The summed E-state index contributed by atoms with van der Waals surface area (Å²) in [4.78, 5) is 10.1. The number of amides is 1. The average Bonchev–Trinajstić information content (AvgIpc) is 3.02. The Morgan fingerprint density at radius 1 is 0.308 bits per heavy atom. The van der Waals surface area contributed by atoms with Gasteiger partial charge in [0.25, 0.3) is 0 Å². The van der Waals surface area contributed by atoms with E-state index in [1.54, 1.807) is 0 Å². The average molecular weight is 748 g/mol. The number of hydrogen-bond donors (Lipinski definition) is 1. The van der Waals surface area contributed by atoms with Gasteiger partial charge in [-0.2, -0.15) is 0 Å². The van der Waals surface area contributed by atoms with Crippen LogP contribution in [0.1, 0.15) is 246 Å². The summed E-state index contributed by atoms with van der Waals surface area (Å²) in [6, 6.07) is 0. The minimum absolute atomic E-state index is 0.196. The van der Waals surface area contributed by atoms with Gasteiger partial charge in [0.15, 0.2) is 0 Å². The molecule has 0 atom stereocenters. The topological polar surface area (TPSA) is 43.1 Å². The summed E-state index contributed by atoms with van der Waals surface area (Å²) in [5.41, 5.74) is 4.90. The number of rotatable bonds is 11. The van der Waals surface area contributed by atoms with Gasteiger partial charge in [-0.1, -0.05) is 233 Å². The lowest BCUT2D eigenvalue weighted by Gasteiger charge is -2.05. The van der Waals surface area contributed by atoms with E-state index in [4.69, 9.17) is 5.73 Å². The van der Waals surface area contributed by atoms with E-state index in [-0.39, 0.29) is 5.91 Å². The number of primary amides is 1. The van der Waals surface area contributed by atoms with Gasteiger partial charge in [-0.15, -0.1) is 0 Å². The third kappa shape index (κ3) is 143. The van der Waals surface area contributed by atoms with E-state index in [0.717, 1.165) is 77.4 Å². The minimum atomic E-state index is -0.196. The van der Waals surface area contributed by atoms with Crippen molar-refractivity contribution in [1.82, 2.24) is 0 Å². The fourth-order valence-corrected chi connectivity index (χ4v) is 0.431. The third-order valence-corrected chi connectivity index (χ3v) is 9.57. The van der Waals surface area contributed by atoms with Crippen LogP contribution in [0, 0.1) is 76.9 Å². The van der Waals surface area contributed by atoms with Crippen LogP contribution in [0.15, 0.2) is 0 Å². The van der Waals surface area contributed by atoms with Crippen molar-refractivity contribution in [3.63, 3.8) is 0 Å². The van der Waals surface area contributed by atoms with Gasteiger partial charge in [0.05, 0.1) is 0 Å². The summed E-state index contributed by atoms with van der Waals surface area (Å²) in [6.07, 6.45) is 6.66. The van der Waals surface area contributed by atoms with Gasteiger partial charge < -0.3 is 5.73 Å². The van der Waals surface area contributed by atoms with Gasteiger partial charge in [-0.3, -0.25) is 4.79 Å². The van der Waals surface area contributed by atoms with Crippen molar-refractivity contribution >= 4 is 5.91 Å². The maximum absolute atomic E-state index is 10.1. The Kier molecular flexibility index (Phi) is 76.6. The first-order chi connectivity index (χ1) is 23.3. The Hall–Kier alpha value is -0.530. The Balaban J connectivity index is -0.0000000574. The maximum atomic E-state index is 10.1. The van der Waals surface area contributed by atoms with Crippen LogP contribution in [0.4, 0.5) is 0 Å². The first-order valence-corrected chi connectivity index (χ1v) is 22.6. The van der Waals surface area contributed by atoms with Crippen LogP contribution in [0.2, 0.25) is 0 Å². The monoisotopic (exact) mass is 748 g/mol. The predicted octanol–water partition coefficient (Wildman–Crippen LogP) is 18.3. The normalized spacial score (nSPS) is 10.3. The van der Waals surface area contributed by atoms with Crippen LogP contribution in [0.3, 0.4) is 0 Å². The molecule has 0 aliphatic carbocycles. The van der Waals surface area contributed by atoms with E-state index in [1.165, 1.54) is 25.7 Å². The number of carbonyl (C=O) groups excluding carboxylic acids is 1. The zero-order valence-corrected chi connectivity index (χ0v) is 43.2. The van der Waals surface area contributed by atoms with Gasteiger partial charge in [0.1, 0.15) is 0 Å². The standard InChI is InChI=1S/C6H13NO.4C6H14.4C5H12/c1-5(2)3-4-6(7)8;4*1-5(2)6(3)4;4*1-4-5(2)3/h5H,3-4H2,1-2H3,(H2,7,8);4*5-6H,1-4H3;4*5H,4H2,1-3H3. The summed E-state index contributed by atoms with van der Waals surface area (Å²) in [7, 11) is 0. The predicted molar refractivity (Wildman–Crippen MR) is 252 cm³/mol. The van der Waals surface area contributed by atoms with Crippen LogP contribution >= 0.6 is 0 Å². The van der Waals surface area contributed by atoms with Crippen LogP contribution in [0.25, 0.3) is 0 Å². The molecule has 0 saturated heterocycles. The van der Waals surface area contributed by atoms with Gasteiger partial charge in [-0.25, -0.2) is 0 Å². The molecule has 2 N–H and O–H groups in total. The van der Waals surface area contributed by atoms with E-state index in [0.29, 0.717) is 12.3 Å². The van der Waals surface area contributed by atoms with Crippen LogP contribution in [-0.2, 0) is 4.79 Å². The Morgan fingerprint density at radius 2 is 0.423 bits per heavy atom. The molecule has 1 amide bonds. The van der Waals surface area contributed by atoms with Crippen molar-refractivity contribution < 1.29 is 4.79 Å². The lowest BCUT2D eigenvalue weighted by Crippen LogP contribution is -2.10. The minimum Gasteiger partial charge on any atom is -0.370 e. The molecule has 2 heteroatoms. The second-order valence-corrected chi connectivity index (χ2v) is 19.6. The van der Waals surface area contributed by atoms with Gasteiger partial charge in [0, 0.05) is 6.42 Å². The van der Waals surface area contributed by atoms with Crippen molar-refractivity contribution in [1.29, 1.82) is 0 Å². The maximum Gasteiger partial charge on any atom is 0.217 e. The highest BCUT2D eigenvalue weighted by molar-refractivity contribution is 5.73. The number of nitrogens with two attached hydrogens (primary N) is 1. The van der Waals surface area contributed by atoms with Crippen LogP contribution < -0.4 is 5.73 Å². The van der Waals surface area contributed by atoms with Crippen LogP contribution in [0.5, 0.6) is 0 Å². The molecular weight excluding hydrogens is 631 g/mol. The van der Waals surface area contributed by atoms with Crippen LogP contribution in [-0.4, -0.2) is 5.91 Å². The van der Waals surface area contributed by atoms with E-state index in [9.17, 15) is 4.79 Å². The molecule has 0 heterocycles. The second-order valence-electron chi connectivity index (χ2n) is 19.6. The summed E-state index contributed by atoms with van der Waals surface area (Å²) in [6.45, 7) is 66.6. The number of hydrogen-bond acceptors (Lipinski definition) is 1. The van der Waals surface area contributed by atoms with Gasteiger partial charge >= 0.3 is 0 Å². The summed E-state index contributed by atoms with van der Waals surface area (Å²) < 4.78 is 0. The molecule has 0 radical (unpaired) electrons. The van der Waals surface area contributed by atoms with E-state index >= 15 is 0 Å².